The highest BCUT2D eigenvalue weighted by atomic mass is 16.6. The van der Waals surface area contributed by atoms with Crippen molar-refractivity contribution in [1.29, 1.82) is 0 Å². The molecule has 0 aliphatic carbocycles. The van der Waals surface area contributed by atoms with Crippen LogP contribution in [0.5, 0.6) is 0 Å². The van der Waals surface area contributed by atoms with E-state index in [9.17, 15) is 9.59 Å². The summed E-state index contributed by atoms with van der Waals surface area (Å²) in [5, 5.41) is 0. The van der Waals surface area contributed by atoms with Gasteiger partial charge in [-0.25, -0.2) is 9.78 Å². The summed E-state index contributed by atoms with van der Waals surface area (Å²) in [5.41, 5.74) is 0.882. The van der Waals surface area contributed by atoms with Crippen LogP contribution in [0.1, 0.15) is 38.3 Å². The van der Waals surface area contributed by atoms with Crippen LogP contribution in [0.15, 0.2) is 12.4 Å². The molecule has 2 aliphatic heterocycles. The Hall–Kier alpha value is -2.18. The summed E-state index contributed by atoms with van der Waals surface area (Å²) >= 11 is 0. The zero-order valence-corrected chi connectivity index (χ0v) is 12.9. The molecule has 2 fully saturated rings. The van der Waals surface area contributed by atoms with Crippen molar-refractivity contribution in [3.05, 3.63) is 18.1 Å². The van der Waals surface area contributed by atoms with E-state index in [1.807, 2.05) is 11.8 Å². The van der Waals surface area contributed by atoms with Crippen LogP contribution in [0, 0.1) is 0 Å². The lowest BCUT2D eigenvalue weighted by molar-refractivity contribution is -0.129. The number of hydrogen-bond donors (Lipinski definition) is 0. The number of nitrogens with zero attached hydrogens (tertiary/aromatic N) is 4. The zero-order valence-electron chi connectivity index (χ0n) is 12.9. The van der Waals surface area contributed by atoms with Gasteiger partial charge in [0.1, 0.15) is 6.10 Å². The Morgan fingerprint density at radius 1 is 1.32 bits per heavy atom. The second-order valence-corrected chi connectivity index (χ2v) is 5.89. The normalized spacial score (nSPS) is 22.8. The number of carbonyl (C=O) groups is 2. The van der Waals surface area contributed by atoms with Gasteiger partial charge in [0.05, 0.1) is 18.4 Å². The summed E-state index contributed by atoms with van der Waals surface area (Å²) in [7, 11) is 0. The number of amides is 2. The Bertz CT molecular complexity index is 584. The third-order valence-corrected chi connectivity index (χ3v) is 4.24. The van der Waals surface area contributed by atoms with Crippen molar-refractivity contribution in [2.75, 3.05) is 24.5 Å². The second kappa shape index (κ2) is 5.90. The third-order valence-electron chi connectivity index (χ3n) is 4.24. The monoisotopic (exact) mass is 304 g/mol. The Kier molecular flexibility index (Phi) is 3.96. The number of piperidine rings is 1. The van der Waals surface area contributed by atoms with Crippen molar-refractivity contribution >= 4 is 17.8 Å². The van der Waals surface area contributed by atoms with Gasteiger partial charge in [0, 0.05) is 32.1 Å². The number of aromatic nitrogens is 2. The smallest absolute Gasteiger partial charge is 0.415 e. The molecule has 0 N–H and O–H groups in total. The minimum atomic E-state index is -0.370. The molecule has 1 atom stereocenters. The number of anilines is 1. The standard InChI is InChI=1S/C15H20N4O3/c1-10-9-19(15(21)22-10)14-8-16-7-13(17-14)12-3-5-18(6-4-12)11(2)20/h7-8,10,12H,3-6,9H2,1-2H3/t10-/m0/s1. The largest absolute Gasteiger partial charge is 0.444 e. The predicted octanol–water partition coefficient (Wildman–Crippen LogP) is 1.55. The minimum Gasteiger partial charge on any atom is -0.444 e. The number of rotatable bonds is 2. The van der Waals surface area contributed by atoms with Gasteiger partial charge >= 0.3 is 6.09 Å². The summed E-state index contributed by atoms with van der Waals surface area (Å²) in [6, 6.07) is 0. The number of hydrogen-bond acceptors (Lipinski definition) is 5. The first-order chi connectivity index (χ1) is 10.5. The molecule has 0 aromatic carbocycles. The highest BCUT2D eigenvalue weighted by molar-refractivity contribution is 5.88. The molecule has 2 aliphatic rings. The molecule has 0 unspecified atom stereocenters. The molecule has 2 amide bonds. The average Bonchev–Trinajstić information content (AvgIpc) is 2.86. The molecule has 7 heteroatoms. The molecule has 0 saturated carbocycles. The Morgan fingerprint density at radius 2 is 2.05 bits per heavy atom. The van der Waals surface area contributed by atoms with E-state index in [2.05, 4.69) is 9.97 Å². The van der Waals surface area contributed by atoms with E-state index in [0.29, 0.717) is 12.4 Å². The zero-order chi connectivity index (χ0) is 15.7. The molecular formula is C15H20N4O3. The van der Waals surface area contributed by atoms with Crippen molar-refractivity contribution in [1.82, 2.24) is 14.9 Å². The van der Waals surface area contributed by atoms with Crippen LogP contribution in [-0.4, -0.2) is 52.6 Å². The van der Waals surface area contributed by atoms with Gasteiger partial charge in [-0.2, -0.15) is 0 Å². The van der Waals surface area contributed by atoms with Crippen molar-refractivity contribution < 1.29 is 14.3 Å². The molecule has 1 aromatic heterocycles. The van der Waals surface area contributed by atoms with Gasteiger partial charge in [-0.15, -0.1) is 0 Å². The molecule has 0 radical (unpaired) electrons. The molecular weight excluding hydrogens is 284 g/mol. The quantitative estimate of drug-likeness (QED) is 0.828. The van der Waals surface area contributed by atoms with Crippen molar-refractivity contribution in [3.63, 3.8) is 0 Å². The van der Waals surface area contributed by atoms with Gasteiger partial charge < -0.3 is 9.64 Å². The molecule has 2 saturated heterocycles. The van der Waals surface area contributed by atoms with E-state index in [4.69, 9.17) is 4.74 Å². The molecule has 1 aromatic rings. The van der Waals surface area contributed by atoms with E-state index in [1.54, 1.807) is 19.3 Å². The summed E-state index contributed by atoms with van der Waals surface area (Å²) in [4.78, 5) is 35.4. The Labute approximate surface area is 129 Å². The first-order valence-electron chi connectivity index (χ1n) is 7.60. The van der Waals surface area contributed by atoms with Crippen LogP contribution in [0.3, 0.4) is 0 Å². The molecule has 0 bridgehead atoms. The lowest BCUT2D eigenvalue weighted by Gasteiger charge is -2.31. The van der Waals surface area contributed by atoms with Crippen molar-refractivity contribution in [3.8, 4) is 0 Å². The second-order valence-electron chi connectivity index (χ2n) is 5.89. The van der Waals surface area contributed by atoms with Crippen LogP contribution in [0.4, 0.5) is 10.6 Å². The summed E-state index contributed by atoms with van der Waals surface area (Å²) in [6.07, 6.45) is 4.59. The average molecular weight is 304 g/mol. The van der Waals surface area contributed by atoms with E-state index >= 15 is 0 Å². The van der Waals surface area contributed by atoms with Gasteiger partial charge in [-0.1, -0.05) is 0 Å². The van der Waals surface area contributed by atoms with Crippen LogP contribution in [0.25, 0.3) is 0 Å². The molecule has 22 heavy (non-hydrogen) atoms. The van der Waals surface area contributed by atoms with Gasteiger partial charge in [0.2, 0.25) is 5.91 Å². The van der Waals surface area contributed by atoms with Crippen LogP contribution in [-0.2, 0) is 9.53 Å². The molecule has 3 rings (SSSR count). The van der Waals surface area contributed by atoms with Gasteiger partial charge in [-0.3, -0.25) is 14.7 Å². The van der Waals surface area contributed by atoms with Gasteiger partial charge in [0.25, 0.3) is 0 Å². The highest BCUT2D eigenvalue weighted by Gasteiger charge is 2.31. The predicted molar refractivity (Wildman–Crippen MR) is 79.6 cm³/mol. The number of cyclic esters (lactones) is 1. The summed E-state index contributed by atoms with van der Waals surface area (Å²) in [5.74, 6) is 0.937. The van der Waals surface area contributed by atoms with Crippen molar-refractivity contribution in [2.45, 2.75) is 38.7 Å². The number of likely N-dealkylation sites (tertiary alicyclic amines) is 1. The fourth-order valence-electron chi connectivity index (χ4n) is 2.98. The summed E-state index contributed by atoms with van der Waals surface area (Å²) < 4.78 is 5.13. The van der Waals surface area contributed by atoms with Crippen molar-refractivity contribution in [2.24, 2.45) is 0 Å². The maximum absolute atomic E-state index is 11.8. The first-order valence-corrected chi connectivity index (χ1v) is 7.60. The first kappa shape index (κ1) is 14.7. The lowest BCUT2D eigenvalue weighted by Crippen LogP contribution is -2.36. The van der Waals surface area contributed by atoms with E-state index in [0.717, 1.165) is 31.6 Å². The summed E-state index contributed by atoms with van der Waals surface area (Å²) in [6.45, 7) is 5.44. The molecule has 3 heterocycles. The van der Waals surface area contributed by atoms with Crippen LogP contribution >= 0.6 is 0 Å². The van der Waals surface area contributed by atoms with Gasteiger partial charge in [0.15, 0.2) is 5.82 Å². The molecule has 118 valence electrons. The maximum atomic E-state index is 11.8. The number of carbonyl (C=O) groups excluding carboxylic acids is 2. The van der Waals surface area contributed by atoms with E-state index in [1.165, 1.54) is 4.90 Å². The molecule has 0 spiro atoms. The fraction of sp³-hybridized carbons (Fsp3) is 0.600. The maximum Gasteiger partial charge on any atom is 0.415 e. The molecule has 7 nitrogen and oxygen atoms in total. The Balaban J connectivity index is 1.72. The third kappa shape index (κ3) is 2.88. The number of ether oxygens (including phenoxy) is 1. The topological polar surface area (TPSA) is 75.6 Å². The SMILES string of the molecule is CC(=O)N1CCC(c2cncc(N3C[C@H](C)OC3=O)n2)CC1. The van der Waals surface area contributed by atoms with E-state index in [-0.39, 0.29) is 24.0 Å². The fourth-order valence-corrected chi connectivity index (χ4v) is 2.98. The van der Waals surface area contributed by atoms with E-state index < -0.39 is 0 Å². The van der Waals surface area contributed by atoms with Crippen LogP contribution < -0.4 is 4.90 Å². The van der Waals surface area contributed by atoms with Gasteiger partial charge in [-0.05, 0) is 19.8 Å². The highest BCUT2D eigenvalue weighted by Crippen LogP contribution is 2.28. The Morgan fingerprint density at radius 3 is 2.64 bits per heavy atom. The van der Waals surface area contributed by atoms with Crippen LogP contribution in [0.2, 0.25) is 0 Å². The minimum absolute atomic E-state index is 0.118. The lowest BCUT2D eigenvalue weighted by atomic mass is 9.94.